The number of furan rings is 1. The van der Waals surface area contributed by atoms with Crippen LogP contribution in [0.25, 0.3) is 11.0 Å². The van der Waals surface area contributed by atoms with Crippen molar-refractivity contribution in [1.29, 1.82) is 0 Å². The maximum atomic E-state index is 13.0. The predicted molar refractivity (Wildman–Crippen MR) is 108 cm³/mol. The molecule has 4 rings (SSSR count). The molecule has 1 N–H and O–H groups in total. The number of para-hydroxylation sites is 1. The second-order valence-electron chi connectivity index (χ2n) is 6.86. The highest BCUT2D eigenvalue weighted by atomic mass is 16.5. The first kappa shape index (κ1) is 19.0. The van der Waals surface area contributed by atoms with Gasteiger partial charge in [-0.25, -0.2) is 0 Å². The van der Waals surface area contributed by atoms with E-state index in [1.54, 1.807) is 17.0 Å². The van der Waals surface area contributed by atoms with E-state index in [9.17, 15) is 9.59 Å². The van der Waals surface area contributed by atoms with Gasteiger partial charge in [0.1, 0.15) is 17.0 Å². The average molecular weight is 394 g/mol. The number of ether oxygens (including phenoxy) is 2. The third kappa shape index (κ3) is 4.25. The molecule has 1 fully saturated rings. The molecule has 1 aliphatic rings. The van der Waals surface area contributed by atoms with Crippen LogP contribution >= 0.6 is 0 Å². The summed E-state index contributed by atoms with van der Waals surface area (Å²) in [5, 5.41) is 3.48. The SMILES string of the molecule is Cc1cccc(OCC(=O)Nc2c(C(=O)N3CCOCC3)oc3ccccc23)c1. The summed E-state index contributed by atoms with van der Waals surface area (Å²) in [6.45, 7) is 3.72. The number of morpholine rings is 1. The zero-order valence-electron chi connectivity index (χ0n) is 16.1. The van der Waals surface area contributed by atoms with Gasteiger partial charge in [-0.15, -0.1) is 0 Å². The van der Waals surface area contributed by atoms with Gasteiger partial charge in [-0.2, -0.15) is 0 Å². The Labute approximate surface area is 168 Å². The number of hydrogen-bond donors (Lipinski definition) is 1. The minimum atomic E-state index is -0.367. The Bertz CT molecular complexity index is 1040. The molecule has 0 radical (unpaired) electrons. The molecule has 3 aromatic rings. The zero-order chi connectivity index (χ0) is 20.2. The van der Waals surface area contributed by atoms with Gasteiger partial charge in [0.05, 0.1) is 13.2 Å². The standard InChI is InChI=1S/C22H22N2O5/c1-15-5-4-6-16(13-15)28-14-19(25)23-20-17-7-2-3-8-18(17)29-21(20)22(26)24-9-11-27-12-10-24/h2-8,13H,9-12,14H2,1H3,(H,23,25). The van der Waals surface area contributed by atoms with E-state index in [1.807, 2.05) is 43.3 Å². The minimum Gasteiger partial charge on any atom is -0.484 e. The molecular formula is C22H22N2O5. The van der Waals surface area contributed by atoms with Gasteiger partial charge in [0, 0.05) is 18.5 Å². The van der Waals surface area contributed by atoms with Gasteiger partial charge in [-0.1, -0.05) is 24.3 Å². The summed E-state index contributed by atoms with van der Waals surface area (Å²) in [6.07, 6.45) is 0. The predicted octanol–water partition coefficient (Wildman–Crippen LogP) is 3.23. The molecule has 29 heavy (non-hydrogen) atoms. The summed E-state index contributed by atoms with van der Waals surface area (Å²) in [5.41, 5.74) is 1.95. The summed E-state index contributed by atoms with van der Waals surface area (Å²) in [4.78, 5) is 27.2. The highest BCUT2D eigenvalue weighted by molar-refractivity contribution is 6.11. The first-order valence-corrected chi connectivity index (χ1v) is 9.49. The van der Waals surface area contributed by atoms with Gasteiger partial charge < -0.3 is 24.1 Å². The van der Waals surface area contributed by atoms with Crippen LogP contribution in [-0.4, -0.2) is 49.6 Å². The molecule has 1 aromatic heterocycles. The highest BCUT2D eigenvalue weighted by Gasteiger charge is 2.27. The molecule has 2 heterocycles. The number of hydrogen-bond acceptors (Lipinski definition) is 5. The molecule has 0 atom stereocenters. The van der Waals surface area contributed by atoms with Crippen molar-refractivity contribution in [3.63, 3.8) is 0 Å². The van der Waals surface area contributed by atoms with Crippen LogP contribution in [0.4, 0.5) is 5.69 Å². The lowest BCUT2D eigenvalue weighted by atomic mass is 10.2. The van der Waals surface area contributed by atoms with Gasteiger partial charge in [0.2, 0.25) is 5.76 Å². The number of benzene rings is 2. The molecule has 7 heteroatoms. The van der Waals surface area contributed by atoms with E-state index in [1.165, 1.54) is 0 Å². The Morgan fingerprint density at radius 1 is 1.10 bits per heavy atom. The summed E-state index contributed by atoms with van der Waals surface area (Å²) in [7, 11) is 0. The summed E-state index contributed by atoms with van der Waals surface area (Å²) >= 11 is 0. The molecule has 7 nitrogen and oxygen atoms in total. The Morgan fingerprint density at radius 2 is 1.90 bits per heavy atom. The van der Waals surface area contributed by atoms with E-state index >= 15 is 0 Å². The van der Waals surface area contributed by atoms with Crippen LogP contribution in [0.2, 0.25) is 0 Å². The van der Waals surface area contributed by atoms with Crippen molar-refractivity contribution < 1.29 is 23.5 Å². The van der Waals surface area contributed by atoms with E-state index in [0.29, 0.717) is 48.7 Å². The van der Waals surface area contributed by atoms with Crippen molar-refractivity contribution in [2.75, 3.05) is 38.2 Å². The van der Waals surface area contributed by atoms with E-state index in [2.05, 4.69) is 5.32 Å². The Kier molecular flexibility index (Phi) is 5.48. The molecule has 0 spiro atoms. The maximum Gasteiger partial charge on any atom is 0.291 e. The maximum absolute atomic E-state index is 13.0. The first-order valence-electron chi connectivity index (χ1n) is 9.49. The highest BCUT2D eigenvalue weighted by Crippen LogP contribution is 2.32. The molecule has 0 saturated carbocycles. The van der Waals surface area contributed by atoms with Gasteiger partial charge in [-0.05, 0) is 36.8 Å². The van der Waals surface area contributed by atoms with Crippen LogP contribution in [-0.2, 0) is 9.53 Å². The summed E-state index contributed by atoms with van der Waals surface area (Å²) < 4.78 is 16.7. The first-order chi connectivity index (χ1) is 14.1. The number of nitrogens with zero attached hydrogens (tertiary/aromatic N) is 1. The van der Waals surface area contributed by atoms with Crippen LogP contribution < -0.4 is 10.1 Å². The number of rotatable bonds is 5. The second kappa shape index (κ2) is 8.36. The van der Waals surface area contributed by atoms with E-state index in [0.717, 1.165) is 5.56 Å². The fourth-order valence-corrected chi connectivity index (χ4v) is 3.26. The van der Waals surface area contributed by atoms with Crippen LogP contribution in [0.15, 0.2) is 52.9 Å². The molecule has 1 aliphatic heterocycles. The summed E-state index contributed by atoms with van der Waals surface area (Å²) in [6, 6.07) is 14.7. The van der Waals surface area contributed by atoms with Gasteiger partial charge in [-0.3, -0.25) is 9.59 Å². The summed E-state index contributed by atoms with van der Waals surface area (Å²) in [5.74, 6) is 0.104. The number of carbonyl (C=O) groups excluding carboxylic acids is 2. The molecule has 0 bridgehead atoms. The van der Waals surface area contributed by atoms with Crippen LogP contribution in [0.1, 0.15) is 16.1 Å². The van der Waals surface area contributed by atoms with Crippen molar-refractivity contribution in [3.8, 4) is 5.75 Å². The second-order valence-corrected chi connectivity index (χ2v) is 6.86. The van der Waals surface area contributed by atoms with Crippen LogP contribution in [0.5, 0.6) is 5.75 Å². The molecule has 0 unspecified atom stereocenters. The number of nitrogens with one attached hydrogen (secondary N) is 1. The minimum absolute atomic E-state index is 0.122. The average Bonchev–Trinajstić information content (AvgIpc) is 3.11. The van der Waals surface area contributed by atoms with Crippen molar-refractivity contribution in [2.45, 2.75) is 6.92 Å². The smallest absolute Gasteiger partial charge is 0.291 e. The van der Waals surface area contributed by atoms with Crippen LogP contribution in [0.3, 0.4) is 0 Å². The van der Waals surface area contributed by atoms with Gasteiger partial charge in [0.25, 0.3) is 11.8 Å². The Balaban J connectivity index is 1.55. The fourth-order valence-electron chi connectivity index (χ4n) is 3.26. The lowest BCUT2D eigenvalue weighted by molar-refractivity contribution is -0.118. The number of fused-ring (bicyclic) bond motifs is 1. The van der Waals surface area contributed by atoms with Crippen molar-refractivity contribution >= 4 is 28.5 Å². The molecule has 0 aliphatic carbocycles. The number of amides is 2. The van der Waals surface area contributed by atoms with Gasteiger partial charge >= 0.3 is 0 Å². The number of anilines is 1. The molecule has 2 aromatic carbocycles. The quantitative estimate of drug-likeness (QED) is 0.719. The van der Waals surface area contributed by atoms with E-state index in [-0.39, 0.29) is 24.2 Å². The number of aryl methyl sites for hydroxylation is 1. The van der Waals surface area contributed by atoms with Crippen molar-refractivity contribution in [3.05, 3.63) is 59.9 Å². The molecule has 2 amide bonds. The fraction of sp³-hybridized carbons (Fsp3) is 0.273. The lowest BCUT2D eigenvalue weighted by Crippen LogP contribution is -2.40. The zero-order valence-corrected chi connectivity index (χ0v) is 16.1. The third-order valence-corrected chi connectivity index (χ3v) is 4.71. The lowest BCUT2D eigenvalue weighted by Gasteiger charge is -2.26. The molecular weight excluding hydrogens is 372 g/mol. The normalized spacial score (nSPS) is 14.0. The van der Waals surface area contributed by atoms with E-state index in [4.69, 9.17) is 13.9 Å². The third-order valence-electron chi connectivity index (χ3n) is 4.71. The Morgan fingerprint density at radius 3 is 2.69 bits per heavy atom. The molecule has 1 saturated heterocycles. The van der Waals surface area contributed by atoms with Crippen molar-refractivity contribution in [2.24, 2.45) is 0 Å². The van der Waals surface area contributed by atoms with Crippen molar-refractivity contribution in [1.82, 2.24) is 4.90 Å². The molecule has 150 valence electrons. The van der Waals surface area contributed by atoms with Crippen LogP contribution in [0, 0.1) is 6.92 Å². The Hall–Kier alpha value is -3.32. The largest absolute Gasteiger partial charge is 0.484 e. The topological polar surface area (TPSA) is 81.0 Å². The number of carbonyl (C=O) groups is 2. The van der Waals surface area contributed by atoms with E-state index < -0.39 is 0 Å². The monoisotopic (exact) mass is 394 g/mol. The van der Waals surface area contributed by atoms with Gasteiger partial charge in [0.15, 0.2) is 6.61 Å².